The van der Waals surface area contributed by atoms with Crippen molar-refractivity contribution in [2.45, 2.75) is 39.6 Å². The number of guanidine groups is 1. The molecule has 5 nitrogen and oxygen atoms in total. The van der Waals surface area contributed by atoms with Crippen LogP contribution in [0.2, 0.25) is 0 Å². The molecule has 152 valence electrons. The van der Waals surface area contributed by atoms with Gasteiger partial charge in [-0.25, -0.2) is 4.98 Å². The monoisotopic (exact) mass is 408 g/mol. The zero-order valence-corrected chi connectivity index (χ0v) is 17.8. The standard InChI is InChI=1S/C23H28N4OS/c1-3-21-14-25-22(29-21)15-27-23(24-2)26-13-19-10-7-11-20(12-19)17-28-16-18-8-5-4-6-9-18/h4-12,14H,3,13,15-17H2,1-2H3,(H2,24,26,27). The molecule has 0 aliphatic heterocycles. The quantitative estimate of drug-likeness (QED) is 0.410. The molecule has 2 N–H and O–H groups in total. The van der Waals surface area contributed by atoms with Crippen molar-refractivity contribution in [3.8, 4) is 0 Å². The van der Waals surface area contributed by atoms with E-state index in [9.17, 15) is 0 Å². The normalized spacial score (nSPS) is 11.4. The summed E-state index contributed by atoms with van der Waals surface area (Å²) in [6, 6.07) is 18.7. The first kappa shape index (κ1) is 21.0. The van der Waals surface area contributed by atoms with Crippen LogP contribution in [0.5, 0.6) is 0 Å². The molecule has 0 unspecified atom stereocenters. The van der Waals surface area contributed by atoms with Gasteiger partial charge in [0.2, 0.25) is 0 Å². The van der Waals surface area contributed by atoms with Crippen LogP contribution < -0.4 is 10.6 Å². The Labute approximate surface area is 176 Å². The van der Waals surface area contributed by atoms with Crippen molar-refractivity contribution in [1.82, 2.24) is 15.6 Å². The summed E-state index contributed by atoms with van der Waals surface area (Å²) in [6.45, 7) is 4.74. The number of aliphatic imine (C=N–C) groups is 1. The topological polar surface area (TPSA) is 58.5 Å². The van der Waals surface area contributed by atoms with E-state index in [1.54, 1.807) is 18.4 Å². The second-order valence-electron chi connectivity index (χ2n) is 6.65. The number of aryl methyl sites for hydroxylation is 1. The summed E-state index contributed by atoms with van der Waals surface area (Å²) < 4.78 is 5.84. The van der Waals surface area contributed by atoms with Crippen LogP contribution in [-0.2, 0) is 37.5 Å². The summed E-state index contributed by atoms with van der Waals surface area (Å²) in [7, 11) is 1.78. The van der Waals surface area contributed by atoms with E-state index in [0.29, 0.717) is 26.3 Å². The molecule has 0 amide bonds. The maximum absolute atomic E-state index is 5.84. The fourth-order valence-corrected chi connectivity index (χ4v) is 3.65. The number of rotatable bonds is 9. The predicted molar refractivity (Wildman–Crippen MR) is 120 cm³/mol. The van der Waals surface area contributed by atoms with Crippen LogP contribution in [0, 0.1) is 0 Å². The van der Waals surface area contributed by atoms with Crippen LogP contribution in [-0.4, -0.2) is 18.0 Å². The molecule has 3 rings (SSSR count). The van der Waals surface area contributed by atoms with E-state index >= 15 is 0 Å². The number of thiazole rings is 1. The molecule has 3 aromatic rings. The zero-order chi connectivity index (χ0) is 20.3. The van der Waals surface area contributed by atoms with Crippen LogP contribution in [0.25, 0.3) is 0 Å². The fraction of sp³-hybridized carbons (Fsp3) is 0.304. The molecule has 0 aliphatic carbocycles. The van der Waals surface area contributed by atoms with E-state index in [2.05, 4.69) is 63.9 Å². The molecule has 0 spiro atoms. The summed E-state index contributed by atoms with van der Waals surface area (Å²) in [5.41, 5.74) is 3.54. The van der Waals surface area contributed by atoms with Gasteiger partial charge in [0.25, 0.3) is 0 Å². The van der Waals surface area contributed by atoms with E-state index in [1.807, 2.05) is 24.4 Å². The highest BCUT2D eigenvalue weighted by Gasteiger charge is 2.04. The Morgan fingerprint density at radius 3 is 2.45 bits per heavy atom. The lowest BCUT2D eigenvalue weighted by atomic mass is 10.1. The Hall–Kier alpha value is -2.70. The largest absolute Gasteiger partial charge is 0.372 e. The zero-order valence-electron chi connectivity index (χ0n) is 17.0. The van der Waals surface area contributed by atoms with Crippen molar-refractivity contribution < 1.29 is 4.74 Å². The third-order valence-corrected chi connectivity index (χ3v) is 5.55. The third kappa shape index (κ3) is 7.00. The summed E-state index contributed by atoms with van der Waals surface area (Å²) in [6.07, 6.45) is 2.97. The van der Waals surface area contributed by atoms with E-state index in [0.717, 1.165) is 23.0 Å². The van der Waals surface area contributed by atoms with Gasteiger partial charge in [-0.1, -0.05) is 61.5 Å². The number of hydrogen-bond acceptors (Lipinski definition) is 4. The maximum atomic E-state index is 5.84. The molecule has 1 aromatic heterocycles. The first-order valence-electron chi connectivity index (χ1n) is 9.84. The lowest BCUT2D eigenvalue weighted by Gasteiger charge is -2.12. The smallest absolute Gasteiger partial charge is 0.191 e. The second-order valence-corrected chi connectivity index (χ2v) is 7.85. The van der Waals surface area contributed by atoms with Crippen LogP contribution in [0.1, 0.15) is 33.5 Å². The first-order chi connectivity index (χ1) is 14.3. The van der Waals surface area contributed by atoms with Gasteiger partial charge in [0.05, 0.1) is 19.8 Å². The van der Waals surface area contributed by atoms with E-state index in [4.69, 9.17) is 4.74 Å². The van der Waals surface area contributed by atoms with E-state index in [-0.39, 0.29) is 0 Å². The van der Waals surface area contributed by atoms with Gasteiger partial charge >= 0.3 is 0 Å². The van der Waals surface area contributed by atoms with Crippen molar-refractivity contribution in [3.63, 3.8) is 0 Å². The fourth-order valence-electron chi connectivity index (χ4n) is 2.85. The van der Waals surface area contributed by atoms with Gasteiger partial charge in [0.15, 0.2) is 5.96 Å². The van der Waals surface area contributed by atoms with Crippen molar-refractivity contribution >= 4 is 17.3 Å². The molecule has 6 heteroatoms. The summed E-state index contributed by atoms with van der Waals surface area (Å²) in [5.74, 6) is 0.768. The van der Waals surface area contributed by atoms with Crippen LogP contribution >= 0.6 is 11.3 Å². The van der Waals surface area contributed by atoms with Gasteiger partial charge in [0.1, 0.15) is 5.01 Å². The Balaban J connectivity index is 1.44. The molecule has 0 saturated heterocycles. The van der Waals surface area contributed by atoms with Crippen molar-refractivity contribution in [3.05, 3.63) is 87.4 Å². The summed E-state index contributed by atoms with van der Waals surface area (Å²) in [5, 5.41) is 7.76. The molecule has 2 aromatic carbocycles. The maximum Gasteiger partial charge on any atom is 0.191 e. The van der Waals surface area contributed by atoms with Crippen molar-refractivity contribution in [2.24, 2.45) is 4.99 Å². The Morgan fingerprint density at radius 1 is 0.966 bits per heavy atom. The minimum absolute atomic E-state index is 0.597. The molecule has 0 atom stereocenters. The summed E-state index contributed by atoms with van der Waals surface area (Å²) in [4.78, 5) is 10.0. The first-order valence-corrected chi connectivity index (χ1v) is 10.7. The predicted octanol–water partition coefficient (Wildman–Crippen LogP) is 4.29. The van der Waals surface area contributed by atoms with E-state index in [1.165, 1.54) is 16.0 Å². The molecular formula is C23H28N4OS. The summed E-state index contributed by atoms with van der Waals surface area (Å²) >= 11 is 1.74. The number of ether oxygens (including phenoxy) is 1. The Bertz CT molecular complexity index is 908. The minimum Gasteiger partial charge on any atom is -0.372 e. The van der Waals surface area contributed by atoms with Crippen LogP contribution in [0.4, 0.5) is 0 Å². The van der Waals surface area contributed by atoms with Crippen molar-refractivity contribution in [2.75, 3.05) is 7.05 Å². The van der Waals surface area contributed by atoms with Gasteiger partial charge < -0.3 is 15.4 Å². The highest BCUT2D eigenvalue weighted by atomic mass is 32.1. The third-order valence-electron chi connectivity index (χ3n) is 4.41. The number of nitrogens with zero attached hydrogens (tertiary/aromatic N) is 2. The molecule has 0 fully saturated rings. The second kappa shape index (κ2) is 11.3. The highest BCUT2D eigenvalue weighted by molar-refractivity contribution is 7.11. The van der Waals surface area contributed by atoms with Crippen molar-refractivity contribution in [1.29, 1.82) is 0 Å². The lowest BCUT2D eigenvalue weighted by Crippen LogP contribution is -2.36. The molecule has 0 saturated carbocycles. The average Bonchev–Trinajstić information content (AvgIpc) is 3.23. The molecule has 29 heavy (non-hydrogen) atoms. The van der Waals surface area contributed by atoms with Gasteiger partial charge in [-0.15, -0.1) is 11.3 Å². The number of benzene rings is 2. The van der Waals surface area contributed by atoms with E-state index < -0.39 is 0 Å². The van der Waals surface area contributed by atoms with Gasteiger partial charge in [-0.3, -0.25) is 4.99 Å². The number of aromatic nitrogens is 1. The van der Waals surface area contributed by atoms with Crippen LogP contribution in [0.3, 0.4) is 0 Å². The Kier molecular flexibility index (Phi) is 8.22. The average molecular weight is 409 g/mol. The Morgan fingerprint density at radius 2 is 1.69 bits per heavy atom. The molecular weight excluding hydrogens is 380 g/mol. The lowest BCUT2D eigenvalue weighted by molar-refractivity contribution is 0.107. The van der Waals surface area contributed by atoms with Crippen LogP contribution in [0.15, 0.2) is 65.8 Å². The highest BCUT2D eigenvalue weighted by Crippen LogP contribution is 2.13. The minimum atomic E-state index is 0.597. The number of nitrogens with one attached hydrogen (secondary N) is 2. The molecule has 1 heterocycles. The molecule has 0 bridgehead atoms. The number of hydrogen-bond donors (Lipinski definition) is 2. The molecule has 0 aliphatic rings. The van der Waals surface area contributed by atoms with Gasteiger partial charge in [-0.2, -0.15) is 0 Å². The SMILES string of the molecule is CCc1cnc(CNC(=NC)NCc2cccc(COCc3ccccc3)c2)s1. The van der Waals surface area contributed by atoms with Gasteiger partial charge in [-0.05, 0) is 23.1 Å². The van der Waals surface area contributed by atoms with Gasteiger partial charge in [0, 0.05) is 24.7 Å². The molecule has 0 radical (unpaired) electrons.